The zero-order valence-corrected chi connectivity index (χ0v) is 10.1. The van der Waals surface area contributed by atoms with Crippen molar-refractivity contribution < 1.29 is 9.53 Å². The lowest BCUT2D eigenvalue weighted by molar-refractivity contribution is 0.0503. The Hall–Kier alpha value is -1.24. The van der Waals surface area contributed by atoms with Crippen LogP contribution in [0.1, 0.15) is 41.0 Å². The molecule has 86 valence electrons. The second-order valence-corrected chi connectivity index (χ2v) is 4.64. The number of rotatable bonds is 3. The standard InChI is InChI=1S/C11H20N2O2/c1-6-8(2)9(7-12)13-10(14)15-11(3,4)5/h8-9H,6H2,1-5H3,(H,13,14)/t8-,9+/m1/s1. The van der Waals surface area contributed by atoms with E-state index in [1.54, 1.807) is 20.8 Å². The maximum absolute atomic E-state index is 11.4. The SMILES string of the molecule is CC[C@@H](C)[C@H](C#N)NC(=O)OC(C)(C)C. The van der Waals surface area contributed by atoms with Crippen LogP contribution in [-0.4, -0.2) is 17.7 Å². The average molecular weight is 212 g/mol. The monoisotopic (exact) mass is 212 g/mol. The molecule has 15 heavy (non-hydrogen) atoms. The van der Waals surface area contributed by atoms with Crippen LogP contribution in [0.25, 0.3) is 0 Å². The van der Waals surface area contributed by atoms with Gasteiger partial charge in [0, 0.05) is 0 Å². The molecular weight excluding hydrogens is 192 g/mol. The fraction of sp³-hybridized carbons (Fsp3) is 0.818. The first-order chi connectivity index (χ1) is 6.80. The zero-order chi connectivity index (χ0) is 12.1. The average Bonchev–Trinajstić information content (AvgIpc) is 2.10. The van der Waals surface area contributed by atoms with Gasteiger partial charge in [0.15, 0.2) is 0 Å². The van der Waals surface area contributed by atoms with Crippen molar-refractivity contribution in [1.82, 2.24) is 5.32 Å². The zero-order valence-electron chi connectivity index (χ0n) is 10.1. The van der Waals surface area contributed by atoms with Gasteiger partial charge in [-0.3, -0.25) is 0 Å². The quantitative estimate of drug-likeness (QED) is 0.781. The molecule has 0 saturated carbocycles. The summed E-state index contributed by atoms with van der Waals surface area (Å²) in [5, 5.41) is 11.4. The van der Waals surface area contributed by atoms with E-state index in [0.717, 1.165) is 6.42 Å². The van der Waals surface area contributed by atoms with E-state index in [-0.39, 0.29) is 5.92 Å². The molecule has 0 aromatic carbocycles. The van der Waals surface area contributed by atoms with Gasteiger partial charge in [0.05, 0.1) is 6.07 Å². The van der Waals surface area contributed by atoms with Crippen molar-refractivity contribution in [2.45, 2.75) is 52.7 Å². The maximum atomic E-state index is 11.4. The van der Waals surface area contributed by atoms with Crippen molar-refractivity contribution in [2.75, 3.05) is 0 Å². The van der Waals surface area contributed by atoms with Gasteiger partial charge < -0.3 is 10.1 Å². The highest BCUT2D eigenvalue weighted by molar-refractivity contribution is 5.68. The van der Waals surface area contributed by atoms with E-state index >= 15 is 0 Å². The molecule has 0 aliphatic rings. The Labute approximate surface area is 91.6 Å². The largest absolute Gasteiger partial charge is 0.444 e. The van der Waals surface area contributed by atoms with E-state index in [1.807, 2.05) is 13.8 Å². The lowest BCUT2D eigenvalue weighted by atomic mass is 10.0. The number of nitrogens with zero attached hydrogens (tertiary/aromatic N) is 1. The molecule has 0 rings (SSSR count). The maximum Gasteiger partial charge on any atom is 0.408 e. The number of carbonyl (C=O) groups is 1. The Morgan fingerprint density at radius 1 is 1.53 bits per heavy atom. The number of carbonyl (C=O) groups excluding carboxylic acids is 1. The Morgan fingerprint density at radius 2 is 2.07 bits per heavy atom. The molecular formula is C11H20N2O2. The molecule has 0 aliphatic heterocycles. The smallest absolute Gasteiger partial charge is 0.408 e. The normalized spacial score (nSPS) is 14.9. The number of amides is 1. The minimum absolute atomic E-state index is 0.127. The summed E-state index contributed by atoms with van der Waals surface area (Å²) < 4.78 is 5.06. The number of nitrogens with one attached hydrogen (secondary N) is 1. The fourth-order valence-electron chi connectivity index (χ4n) is 0.972. The highest BCUT2D eigenvalue weighted by Gasteiger charge is 2.21. The first-order valence-corrected chi connectivity index (χ1v) is 5.19. The Kier molecular flexibility index (Phi) is 5.13. The molecule has 0 aromatic heterocycles. The molecule has 0 aromatic rings. The van der Waals surface area contributed by atoms with Crippen LogP contribution in [0.3, 0.4) is 0 Å². The van der Waals surface area contributed by atoms with E-state index in [9.17, 15) is 4.79 Å². The van der Waals surface area contributed by atoms with Crippen LogP contribution >= 0.6 is 0 Å². The molecule has 0 spiro atoms. The van der Waals surface area contributed by atoms with Gasteiger partial charge in [0.2, 0.25) is 0 Å². The van der Waals surface area contributed by atoms with Crippen LogP contribution in [-0.2, 0) is 4.74 Å². The predicted molar refractivity (Wildman–Crippen MR) is 58.2 cm³/mol. The van der Waals surface area contributed by atoms with Crippen molar-refractivity contribution in [3.63, 3.8) is 0 Å². The van der Waals surface area contributed by atoms with Crippen LogP contribution in [0.15, 0.2) is 0 Å². The van der Waals surface area contributed by atoms with Crippen LogP contribution in [0, 0.1) is 17.2 Å². The van der Waals surface area contributed by atoms with E-state index in [0.29, 0.717) is 0 Å². The summed E-state index contributed by atoms with van der Waals surface area (Å²) in [4.78, 5) is 11.4. The Morgan fingerprint density at radius 3 is 2.40 bits per heavy atom. The molecule has 0 heterocycles. The van der Waals surface area contributed by atoms with Crippen molar-refractivity contribution >= 4 is 6.09 Å². The third-order valence-corrected chi connectivity index (χ3v) is 2.02. The molecule has 1 amide bonds. The molecule has 1 N–H and O–H groups in total. The van der Waals surface area contributed by atoms with Crippen molar-refractivity contribution in [3.05, 3.63) is 0 Å². The summed E-state index contributed by atoms with van der Waals surface area (Å²) in [7, 11) is 0. The van der Waals surface area contributed by atoms with E-state index in [2.05, 4.69) is 11.4 Å². The van der Waals surface area contributed by atoms with Crippen molar-refractivity contribution in [2.24, 2.45) is 5.92 Å². The van der Waals surface area contributed by atoms with Crippen molar-refractivity contribution in [3.8, 4) is 6.07 Å². The number of nitriles is 1. The summed E-state index contributed by atoms with van der Waals surface area (Å²) in [6, 6.07) is 1.58. The lowest BCUT2D eigenvalue weighted by Crippen LogP contribution is -2.41. The summed E-state index contributed by atoms with van der Waals surface area (Å²) in [6.07, 6.45) is 0.308. The molecule has 0 bridgehead atoms. The van der Waals surface area contributed by atoms with E-state index in [4.69, 9.17) is 10.00 Å². The van der Waals surface area contributed by atoms with Gasteiger partial charge in [-0.1, -0.05) is 20.3 Å². The molecule has 4 nitrogen and oxygen atoms in total. The summed E-state index contributed by atoms with van der Waals surface area (Å²) >= 11 is 0. The second kappa shape index (κ2) is 5.59. The summed E-state index contributed by atoms with van der Waals surface area (Å²) in [5.74, 6) is 0.127. The van der Waals surface area contributed by atoms with Crippen molar-refractivity contribution in [1.29, 1.82) is 5.26 Å². The van der Waals surface area contributed by atoms with Gasteiger partial charge in [0.1, 0.15) is 11.6 Å². The van der Waals surface area contributed by atoms with Crippen LogP contribution in [0.5, 0.6) is 0 Å². The first kappa shape index (κ1) is 13.8. The Balaban J connectivity index is 4.21. The molecule has 0 saturated heterocycles. The number of alkyl carbamates (subject to hydrolysis) is 1. The molecule has 4 heteroatoms. The first-order valence-electron chi connectivity index (χ1n) is 5.19. The predicted octanol–water partition coefficient (Wildman–Crippen LogP) is 2.45. The van der Waals surface area contributed by atoms with Gasteiger partial charge >= 0.3 is 6.09 Å². The number of ether oxygens (including phenoxy) is 1. The third kappa shape index (κ3) is 5.95. The Bertz CT molecular complexity index is 250. The van der Waals surface area contributed by atoms with Crippen LogP contribution < -0.4 is 5.32 Å². The van der Waals surface area contributed by atoms with Gasteiger partial charge in [-0.05, 0) is 26.7 Å². The summed E-state index contributed by atoms with van der Waals surface area (Å²) in [5.41, 5.74) is -0.528. The number of hydrogen-bond acceptors (Lipinski definition) is 3. The fourth-order valence-corrected chi connectivity index (χ4v) is 0.972. The molecule has 0 aliphatic carbocycles. The van der Waals surface area contributed by atoms with Crippen LogP contribution in [0.4, 0.5) is 4.79 Å². The lowest BCUT2D eigenvalue weighted by Gasteiger charge is -2.22. The summed E-state index contributed by atoms with van der Waals surface area (Å²) in [6.45, 7) is 9.27. The molecule has 0 unspecified atom stereocenters. The van der Waals surface area contributed by atoms with Gasteiger partial charge in [-0.25, -0.2) is 4.79 Å². The van der Waals surface area contributed by atoms with Gasteiger partial charge in [-0.15, -0.1) is 0 Å². The van der Waals surface area contributed by atoms with Crippen LogP contribution in [0.2, 0.25) is 0 Å². The molecule has 0 radical (unpaired) electrons. The second-order valence-electron chi connectivity index (χ2n) is 4.64. The van der Waals surface area contributed by atoms with E-state index in [1.165, 1.54) is 0 Å². The topological polar surface area (TPSA) is 62.1 Å². The third-order valence-electron chi connectivity index (χ3n) is 2.02. The number of hydrogen-bond donors (Lipinski definition) is 1. The minimum Gasteiger partial charge on any atom is -0.444 e. The molecule has 2 atom stereocenters. The van der Waals surface area contributed by atoms with Gasteiger partial charge in [0.25, 0.3) is 0 Å². The minimum atomic E-state index is -0.533. The highest BCUT2D eigenvalue weighted by atomic mass is 16.6. The van der Waals surface area contributed by atoms with E-state index < -0.39 is 17.7 Å². The van der Waals surface area contributed by atoms with Gasteiger partial charge in [-0.2, -0.15) is 5.26 Å². The highest BCUT2D eigenvalue weighted by Crippen LogP contribution is 2.10. The molecule has 0 fully saturated rings.